The highest BCUT2D eigenvalue weighted by Crippen LogP contribution is 2.44. The fourth-order valence-electron chi connectivity index (χ4n) is 4.49. The van der Waals surface area contributed by atoms with Gasteiger partial charge in [0.1, 0.15) is 24.4 Å². The number of rotatable bonds is 8. The van der Waals surface area contributed by atoms with Crippen LogP contribution in [0.15, 0.2) is 49.2 Å². The van der Waals surface area contributed by atoms with Crippen molar-refractivity contribution >= 4 is 11.0 Å². The lowest BCUT2D eigenvalue weighted by molar-refractivity contribution is -0.140. The van der Waals surface area contributed by atoms with Crippen LogP contribution >= 0.6 is 0 Å². The zero-order valence-electron chi connectivity index (χ0n) is 20.7. The zero-order chi connectivity index (χ0) is 27.1. The minimum atomic E-state index is -4.62. The molecule has 1 aliphatic rings. The second-order valence-corrected chi connectivity index (χ2v) is 9.22. The number of aryl methyl sites for hydroxylation is 1. The predicted octanol–water partition coefficient (Wildman–Crippen LogP) is 5.07. The summed E-state index contributed by atoms with van der Waals surface area (Å²) in [4.78, 5) is 21.7. The maximum absolute atomic E-state index is 13.2. The quantitative estimate of drug-likeness (QED) is 0.255. The molecule has 13 heteroatoms. The summed E-state index contributed by atoms with van der Waals surface area (Å²) in [5.74, 6) is 1.23. The maximum Gasteiger partial charge on any atom is 0.434 e. The van der Waals surface area contributed by atoms with E-state index in [1.807, 2.05) is 0 Å². The number of hydrogen-bond donors (Lipinski definition) is 0. The van der Waals surface area contributed by atoms with E-state index in [1.54, 1.807) is 48.5 Å². The van der Waals surface area contributed by atoms with Crippen LogP contribution in [-0.2, 0) is 19.3 Å². The Balaban J connectivity index is 1.31. The Morgan fingerprint density at radius 3 is 2.51 bits per heavy atom. The number of imidazole rings is 1. The van der Waals surface area contributed by atoms with Crippen molar-refractivity contribution in [2.45, 2.75) is 38.0 Å². The van der Waals surface area contributed by atoms with Crippen molar-refractivity contribution in [3.63, 3.8) is 0 Å². The second-order valence-electron chi connectivity index (χ2n) is 9.22. The molecule has 0 atom stereocenters. The molecule has 0 radical (unpaired) electrons. The van der Waals surface area contributed by atoms with Gasteiger partial charge in [-0.1, -0.05) is 24.3 Å². The molecule has 4 aromatic heterocycles. The number of hydrogen-bond acceptors (Lipinski definition) is 7. The van der Waals surface area contributed by atoms with E-state index in [9.17, 15) is 17.6 Å². The first-order valence-corrected chi connectivity index (χ1v) is 12.2. The molecule has 0 N–H and O–H groups in total. The highest BCUT2D eigenvalue weighted by molar-refractivity contribution is 5.77. The van der Waals surface area contributed by atoms with Gasteiger partial charge in [0.25, 0.3) is 0 Å². The van der Waals surface area contributed by atoms with E-state index in [1.165, 1.54) is 10.9 Å². The average Bonchev–Trinajstić information content (AvgIpc) is 3.58. The Labute approximate surface area is 219 Å². The average molecular weight is 539 g/mol. The zero-order valence-corrected chi connectivity index (χ0v) is 20.7. The summed E-state index contributed by atoms with van der Waals surface area (Å²) in [6.07, 6.45) is 3.13. The van der Waals surface area contributed by atoms with E-state index in [4.69, 9.17) is 9.72 Å². The third-order valence-corrected chi connectivity index (χ3v) is 6.54. The molecule has 1 saturated carbocycles. The lowest BCUT2D eigenvalue weighted by atomic mass is 10.1. The van der Waals surface area contributed by atoms with Crippen molar-refractivity contribution in [1.82, 2.24) is 39.3 Å². The summed E-state index contributed by atoms with van der Waals surface area (Å²) >= 11 is 0. The van der Waals surface area contributed by atoms with Crippen LogP contribution in [0.3, 0.4) is 0 Å². The van der Waals surface area contributed by atoms with Gasteiger partial charge < -0.3 is 9.30 Å². The molecule has 0 saturated heterocycles. The van der Waals surface area contributed by atoms with Gasteiger partial charge >= 0.3 is 6.18 Å². The van der Waals surface area contributed by atoms with Gasteiger partial charge in [0.2, 0.25) is 5.88 Å². The van der Waals surface area contributed by atoms with Gasteiger partial charge in [-0.2, -0.15) is 18.3 Å². The van der Waals surface area contributed by atoms with Gasteiger partial charge in [-0.25, -0.2) is 34.0 Å². The maximum atomic E-state index is 13.2. The Bertz CT molecular complexity index is 1640. The van der Waals surface area contributed by atoms with E-state index in [0.717, 1.165) is 35.7 Å². The molecule has 6 rings (SSSR count). The van der Waals surface area contributed by atoms with Crippen molar-refractivity contribution in [1.29, 1.82) is 0 Å². The second kappa shape index (κ2) is 9.71. The Morgan fingerprint density at radius 1 is 1.03 bits per heavy atom. The van der Waals surface area contributed by atoms with Gasteiger partial charge in [-0.3, -0.25) is 0 Å². The standard InChI is InChI=1S/C26H22F4N8O/c1-39-25-20(21(16-6-7-16)32-14-33-25)22-31-10-18-11-34-38(24(18)36-22)12-15-2-4-17(5-3-15)23-35-19(26(28,29)30)13-37(23)9-8-27/h2-5,10-11,13-14,16H,6-9,12H2,1H3. The molecule has 5 aromatic rings. The van der Waals surface area contributed by atoms with Crippen molar-refractivity contribution in [3.8, 4) is 28.7 Å². The normalized spacial score (nSPS) is 13.8. The molecule has 200 valence electrons. The topological polar surface area (TPSA) is 96.4 Å². The molecule has 1 aromatic carbocycles. The number of aromatic nitrogens is 8. The van der Waals surface area contributed by atoms with Gasteiger partial charge in [-0.15, -0.1) is 0 Å². The molecule has 0 unspecified atom stereocenters. The fraction of sp³-hybridized carbons (Fsp3) is 0.308. The Morgan fingerprint density at radius 2 is 1.82 bits per heavy atom. The van der Waals surface area contributed by atoms with E-state index < -0.39 is 18.5 Å². The van der Waals surface area contributed by atoms with Crippen molar-refractivity contribution < 1.29 is 22.3 Å². The Hall–Kier alpha value is -4.42. The number of methoxy groups -OCH3 is 1. The molecular formula is C26H22F4N8O. The molecule has 0 amide bonds. The lowest BCUT2D eigenvalue weighted by Gasteiger charge is -2.11. The first-order valence-electron chi connectivity index (χ1n) is 12.2. The van der Waals surface area contributed by atoms with E-state index in [2.05, 4.69) is 25.0 Å². The monoisotopic (exact) mass is 538 g/mol. The number of benzene rings is 1. The van der Waals surface area contributed by atoms with Gasteiger partial charge in [-0.05, 0) is 18.4 Å². The summed E-state index contributed by atoms with van der Waals surface area (Å²) in [6.45, 7) is -0.676. The summed E-state index contributed by atoms with van der Waals surface area (Å²) in [5, 5.41) is 5.20. The SMILES string of the molecule is COc1ncnc(C2CC2)c1-c1ncc2cnn(Cc3ccc(-c4nc(C(F)(F)F)cn4CCF)cc3)c2n1. The van der Waals surface area contributed by atoms with Crippen molar-refractivity contribution in [3.05, 3.63) is 66.1 Å². The first kappa shape index (κ1) is 24.9. The number of nitrogens with zero attached hydrogens (tertiary/aromatic N) is 8. The van der Waals surface area contributed by atoms with Crippen molar-refractivity contribution in [2.75, 3.05) is 13.8 Å². The largest absolute Gasteiger partial charge is 0.480 e. The summed E-state index contributed by atoms with van der Waals surface area (Å²) in [5.41, 5.74) is 2.36. The van der Waals surface area contributed by atoms with Crippen LogP contribution in [0.5, 0.6) is 5.88 Å². The molecule has 0 aliphatic heterocycles. The third kappa shape index (κ3) is 4.79. The van der Waals surface area contributed by atoms with E-state index in [-0.39, 0.29) is 12.4 Å². The molecule has 1 fully saturated rings. The summed E-state index contributed by atoms with van der Waals surface area (Å²) in [6, 6.07) is 6.86. The Kier molecular flexibility index (Phi) is 6.20. The van der Waals surface area contributed by atoms with Crippen LogP contribution in [0.1, 0.15) is 35.7 Å². The molecule has 9 nitrogen and oxygen atoms in total. The van der Waals surface area contributed by atoms with E-state index in [0.29, 0.717) is 40.9 Å². The predicted molar refractivity (Wildman–Crippen MR) is 133 cm³/mol. The van der Waals surface area contributed by atoms with Crippen LogP contribution in [-0.4, -0.2) is 53.1 Å². The molecule has 0 spiro atoms. The van der Waals surface area contributed by atoms with Crippen LogP contribution in [0.25, 0.3) is 33.8 Å². The van der Waals surface area contributed by atoms with Crippen LogP contribution in [0.2, 0.25) is 0 Å². The highest BCUT2D eigenvalue weighted by Gasteiger charge is 2.35. The summed E-state index contributed by atoms with van der Waals surface area (Å²) in [7, 11) is 1.54. The molecule has 1 aliphatic carbocycles. The minimum absolute atomic E-state index is 0.0546. The van der Waals surface area contributed by atoms with Crippen LogP contribution in [0.4, 0.5) is 17.6 Å². The van der Waals surface area contributed by atoms with Crippen molar-refractivity contribution in [2.24, 2.45) is 0 Å². The first-order chi connectivity index (χ1) is 18.9. The third-order valence-electron chi connectivity index (χ3n) is 6.54. The smallest absolute Gasteiger partial charge is 0.434 e. The van der Waals surface area contributed by atoms with Gasteiger partial charge in [0.05, 0.1) is 37.5 Å². The van der Waals surface area contributed by atoms with Crippen LogP contribution < -0.4 is 4.74 Å². The number of fused-ring (bicyclic) bond motifs is 1. The molecule has 0 bridgehead atoms. The number of alkyl halides is 4. The molecule has 4 heterocycles. The van der Waals surface area contributed by atoms with Gasteiger partial charge in [0, 0.05) is 23.9 Å². The molecule has 39 heavy (non-hydrogen) atoms. The highest BCUT2D eigenvalue weighted by atomic mass is 19.4. The number of halogens is 4. The van der Waals surface area contributed by atoms with E-state index >= 15 is 0 Å². The molecular weight excluding hydrogens is 516 g/mol. The van der Waals surface area contributed by atoms with Crippen LogP contribution in [0, 0.1) is 0 Å². The fourth-order valence-corrected chi connectivity index (χ4v) is 4.49. The van der Waals surface area contributed by atoms with Gasteiger partial charge in [0.15, 0.2) is 17.2 Å². The lowest BCUT2D eigenvalue weighted by Crippen LogP contribution is -2.05. The minimum Gasteiger partial charge on any atom is -0.480 e. The number of ether oxygens (including phenoxy) is 1. The summed E-state index contributed by atoms with van der Waals surface area (Å²) < 4.78 is 60.9.